The van der Waals surface area contributed by atoms with Crippen LogP contribution < -0.4 is 20.7 Å². The van der Waals surface area contributed by atoms with Crippen LogP contribution in [-0.4, -0.2) is 79.8 Å². The molecular formula is C42H49ClN4O8S. The van der Waals surface area contributed by atoms with E-state index in [-0.39, 0.29) is 54.7 Å². The Kier molecular flexibility index (Phi) is 14.5. The third-order valence-corrected chi connectivity index (χ3v) is 12.4. The molecule has 3 aliphatic heterocycles. The van der Waals surface area contributed by atoms with Gasteiger partial charge in [0.15, 0.2) is 15.6 Å². The molecular weight excluding hydrogens is 756 g/mol. The van der Waals surface area contributed by atoms with Gasteiger partial charge in [-0.2, -0.15) is 0 Å². The molecule has 0 unspecified atom stereocenters. The summed E-state index contributed by atoms with van der Waals surface area (Å²) in [4.78, 5) is 69.8. The van der Waals surface area contributed by atoms with Crippen molar-refractivity contribution in [3.63, 3.8) is 0 Å². The quantitative estimate of drug-likeness (QED) is 0.288. The maximum Gasteiger partial charge on any atom is 0.251 e. The second-order valence-corrected chi connectivity index (χ2v) is 17.3. The molecule has 2 bridgehead atoms. The Labute approximate surface area is 333 Å². The van der Waals surface area contributed by atoms with Crippen LogP contribution in [0.3, 0.4) is 0 Å². The minimum Gasteiger partial charge on any atom is -0.497 e. The number of fused-ring (bicyclic) bond motifs is 15. The summed E-state index contributed by atoms with van der Waals surface area (Å²) >= 11 is 6.18. The molecule has 3 aliphatic rings. The molecule has 0 radical (unpaired) electrons. The molecule has 0 saturated carbocycles. The van der Waals surface area contributed by atoms with E-state index in [9.17, 15) is 32.4 Å². The number of halogens is 1. The third kappa shape index (κ3) is 11.3. The first kappa shape index (κ1) is 42.1. The van der Waals surface area contributed by atoms with Crippen molar-refractivity contribution in [2.45, 2.75) is 88.0 Å². The Hall–Kier alpha value is -5.01. The number of amides is 4. The number of sulfone groups is 1. The van der Waals surface area contributed by atoms with Crippen LogP contribution >= 0.6 is 11.6 Å². The smallest absolute Gasteiger partial charge is 0.251 e. The molecule has 4 atom stereocenters. The third-order valence-electron chi connectivity index (χ3n) is 10.1. The van der Waals surface area contributed by atoms with Gasteiger partial charge in [-0.3, -0.25) is 24.0 Å². The molecule has 0 aliphatic carbocycles. The van der Waals surface area contributed by atoms with Crippen molar-refractivity contribution < 1.29 is 37.1 Å². The van der Waals surface area contributed by atoms with Gasteiger partial charge < -0.3 is 25.6 Å². The molecule has 3 heterocycles. The first-order valence-corrected chi connectivity index (χ1v) is 20.9. The van der Waals surface area contributed by atoms with E-state index in [1.165, 1.54) is 18.1 Å². The van der Waals surface area contributed by atoms with Crippen molar-refractivity contribution in [3.05, 3.63) is 112 Å². The van der Waals surface area contributed by atoms with Gasteiger partial charge in [0.1, 0.15) is 17.8 Å². The number of hydrogen-bond donors (Lipinski definition) is 3. The summed E-state index contributed by atoms with van der Waals surface area (Å²) in [5, 5.41) is 7.77. The van der Waals surface area contributed by atoms with Crippen LogP contribution in [0.4, 0.5) is 0 Å². The predicted molar refractivity (Wildman–Crippen MR) is 214 cm³/mol. The van der Waals surface area contributed by atoms with Crippen molar-refractivity contribution >= 4 is 50.9 Å². The average Bonchev–Trinajstić information content (AvgIpc) is 3.64. The number of allylic oxidation sites excluding steroid dienone is 2. The van der Waals surface area contributed by atoms with E-state index < -0.39 is 50.9 Å². The standard InChI is InChI=1S/C42H49ClN4O8S/c1-27(2)39-37(48)11-6-4-5-7-12-38(49)44-24-29-15-13-28(14-16-29)21-35(45-40(50)31-9-8-10-32(43)22-31)42(52)47-25-34(23-36(47)41(51)46-39)56(53,54)26-30-17-19-33(55-3)20-18-30/h4,6,8-10,13-20,22,27,34-36,39H,5,7,11-12,21,23-26H2,1-3H3,(H,44,49)(H,45,50)(H,46,51)/b6-4+/t34-,35+,36+,39+/m1/s1. The van der Waals surface area contributed by atoms with E-state index in [1.807, 2.05) is 18.2 Å². The summed E-state index contributed by atoms with van der Waals surface area (Å²) in [5.41, 5.74) is 2.22. The number of rotatable bonds is 7. The largest absolute Gasteiger partial charge is 0.497 e. The molecule has 1 saturated heterocycles. The van der Waals surface area contributed by atoms with E-state index in [4.69, 9.17) is 16.3 Å². The Morgan fingerprint density at radius 2 is 1.70 bits per heavy atom. The lowest BCUT2D eigenvalue weighted by atomic mass is 9.96. The topological polar surface area (TPSA) is 168 Å². The van der Waals surface area contributed by atoms with Crippen molar-refractivity contribution in [2.24, 2.45) is 5.92 Å². The second-order valence-electron chi connectivity index (χ2n) is 14.6. The fourth-order valence-corrected chi connectivity index (χ4v) is 8.85. The minimum absolute atomic E-state index is 0.00528. The molecule has 14 heteroatoms. The number of benzene rings is 3. The Morgan fingerprint density at radius 1 is 0.982 bits per heavy atom. The molecule has 12 nitrogen and oxygen atoms in total. The molecule has 0 spiro atoms. The lowest BCUT2D eigenvalue weighted by Gasteiger charge is -2.30. The highest BCUT2D eigenvalue weighted by Gasteiger charge is 2.47. The van der Waals surface area contributed by atoms with Crippen LogP contribution in [-0.2, 0) is 47.7 Å². The average molecular weight is 805 g/mol. The normalized spacial score (nSPS) is 22.3. The molecule has 0 aromatic heterocycles. The molecule has 1 fully saturated rings. The van der Waals surface area contributed by atoms with Gasteiger partial charge in [-0.25, -0.2) is 8.42 Å². The number of hydrogen-bond acceptors (Lipinski definition) is 8. The van der Waals surface area contributed by atoms with Crippen LogP contribution in [0.1, 0.15) is 73.0 Å². The summed E-state index contributed by atoms with van der Waals surface area (Å²) in [6, 6.07) is 16.7. The molecule has 298 valence electrons. The first-order chi connectivity index (χ1) is 26.7. The van der Waals surface area contributed by atoms with E-state index in [0.717, 1.165) is 5.56 Å². The van der Waals surface area contributed by atoms with Crippen LogP contribution in [0.5, 0.6) is 5.75 Å². The lowest BCUT2D eigenvalue weighted by molar-refractivity contribution is -0.140. The maximum atomic E-state index is 14.8. The predicted octanol–water partition coefficient (Wildman–Crippen LogP) is 4.73. The first-order valence-electron chi connectivity index (χ1n) is 18.8. The van der Waals surface area contributed by atoms with Crippen LogP contribution in [0.2, 0.25) is 5.02 Å². The molecule has 3 aromatic carbocycles. The van der Waals surface area contributed by atoms with E-state index >= 15 is 0 Å². The number of nitrogens with one attached hydrogen (secondary N) is 3. The summed E-state index contributed by atoms with van der Waals surface area (Å²) in [5.74, 6) is -2.35. The highest BCUT2D eigenvalue weighted by Crippen LogP contribution is 2.29. The van der Waals surface area contributed by atoms with Crippen molar-refractivity contribution in [1.29, 1.82) is 0 Å². The van der Waals surface area contributed by atoms with Gasteiger partial charge >= 0.3 is 0 Å². The van der Waals surface area contributed by atoms with Crippen LogP contribution in [0.15, 0.2) is 84.9 Å². The van der Waals surface area contributed by atoms with Gasteiger partial charge in [-0.1, -0.05) is 80.1 Å². The summed E-state index contributed by atoms with van der Waals surface area (Å²) < 4.78 is 33.2. The van der Waals surface area contributed by atoms with E-state index in [1.54, 1.807) is 74.5 Å². The molecule has 56 heavy (non-hydrogen) atoms. The number of ketones is 1. The lowest BCUT2D eigenvalue weighted by Crippen LogP contribution is -2.56. The van der Waals surface area contributed by atoms with Gasteiger partial charge in [-0.15, -0.1) is 0 Å². The van der Waals surface area contributed by atoms with Gasteiger partial charge in [0, 0.05) is 42.9 Å². The summed E-state index contributed by atoms with van der Waals surface area (Å²) in [7, 11) is -2.42. The highest BCUT2D eigenvalue weighted by atomic mass is 35.5. The van der Waals surface area contributed by atoms with Crippen LogP contribution in [0.25, 0.3) is 0 Å². The van der Waals surface area contributed by atoms with E-state index in [0.29, 0.717) is 47.7 Å². The molecule has 3 aromatic rings. The Morgan fingerprint density at radius 3 is 2.38 bits per heavy atom. The highest BCUT2D eigenvalue weighted by molar-refractivity contribution is 7.91. The Bertz CT molecular complexity index is 2040. The SMILES string of the molecule is COc1ccc(CS(=O)(=O)[C@@H]2C[C@H]3C(=O)N[C@@H](C(C)C)C(=O)C/C=C/CCCC(=O)NCc4ccc(cc4)C[C@H](NC(=O)c4cccc(Cl)c4)C(=O)N3C2)cc1. The number of methoxy groups -OCH3 is 1. The number of ether oxygens (including phenoxy) is 1. The van der Waals surface area contributed by atoms with E-state index in [2.05, 4.69) is 16.0 Å². The number of nitrogens with zero attached hydrogens (tertiary/aromatic N) is 1. The van der Waals surface area contributed by atoms with Crippen molar-refractivity contribution in [3.8, 4) is 5.75 Å². The number of Topliss-reactive ketones (excluding diaryl/α,β-unsaturated/α-hetero) is 1. The zero-order valence-electron chi connectivity index (χ0n) is 31.8. The van der Waals surface area contributed by atoms with Crippen LogP contribution in [0, 0.1) is 5.92 Å². The fourth-order valence-electron chi connectivity index (χ4n) is 6.90. The molecule has 6 rings (SSSR count). The van der Waals surface area contributed by atoms with Gasteiger partial charge in [0.2, 0.25) is 17.7 Å². The van der Waals surface area contributed by atoms with Gasteiger partial charge in [0.25, 0.3) is 5.91 Å². The van der Waals surface area contributed by atoms with Crippen molar-refractivity contribution in [1.82, 2.24) is 20.9 Å². The maximum absolute atomic E-state index is 14.8. The minimum atomic E-state index is -3.93. The summed E-state index contributed by atoms with van der Waals surface area (Å²) in [6.45, 7) is 3.58. The fraction of sp³-hybridized carbons (Fsp3) is 0.405. The van der Waals surface area contributed by atoms with Gasteiger partial charge in [0.05, 0.1) is 24.2 Å². The zero-order valence-corrected chi connectivity index (χ0v) is 33.4. The van der Waals surface area contributed by atoms with Crippen molar-refractivity contribution in [2.75, 3.05) is 13.7 Å². The zero-order chi connectivity index (χ0) is 40.4. The monoisotopic (exact) mass is 804 g/mol. The number of carbonyl (C=O) groups excluding carboxylic acids is 5. The summed E-state index contributed by atoms with van der Waals surface area (Å²) in [6.07, 6.45) is 4.89. The Balaban J connectivity index is 1.52. The molecule has 3 N–H and O–H groups in total. The number of carbonyl (C=O) groups is 5. The molecule has 4 amide bonds. The van der Waals surface area contributed by atoms with Gasteiger partial charge in [-0.05, 0) is 72.2 Å². The second kappa shape index (κ2) is 19.2.